The topological polar surface area (TPSA) is 87.7 Å². The van der Waals surface area contributed by atoms with E-state index in [1.165, 1.54) is 6.07 Å². The highest BCUT2D eigenvalue weighted by atomic mass is 79.9. The van der Waals surface area contributed by atoms with Gasteiger partial charge in [0.15, 0.2) is 16.9 Å². The number of hydrogen-bond acceptors (Lipinski definition) is 4. The fraction of sp³-hybridized carbons (Fsp3) is 0. The third-order valence-corrected chi connectivity index (χ3v) is 3.82. The van der Waals surface area contributed by atoms with E-state index in [-0.39, 0.29) is 25.5 Å². The van der Waals surface area contributed by atoms with Crippen LogP contribution in [0, 0.1) is 0 Å². The van der Waals surface area contributed by atoms with E-state index >= 15 is 0 Å². The van der Waals surface area contributed by atoms with E-state index in [0.29, 0.717) is 0 Å². The van der Waals surface area contributed by atoms with Crippen LogP contribution in [0.1, 0.15) is 10.4 Å². The molecule has 0 amide bonds. The fourth-order valence-corrected chi connectivity index (χ4v) is 2.38. The van der Waals surface area contributed by atoms with Gasteiger partial charge in [0.25, 0.3) is 0 Å². The van der Waals surface area contributed by atoms with Crippen LogP contribution in [0.3, 0.4) is 0 Å². The smallest absolute Gasteiger partial charge is 0.352 e. The molecule has 1 heterocycles. The molecular formula is C10H3BrCl2O5. The quantitative estimate of drug-likeness (QED) is 0.768. The maximum absolute atomic E-state index is 11.5. The summed E-state index contributed by atoms with van der Waals surface area (Å²) in [6, 6.07) is 1.29. The first-order chi connectivity index (χ1) is 8.34. The fourth-order valence-electron chi connectivity index (χ4n) is 1.41. The van der Waals surface area contributed by atoms with Crippen LogP contribution in [0.2, 0.25) is 10.0 Å². The number of benzene rings is 1. The number of carboxylic acid groups (broad SMARTS) is 1. The molecule has 2 N–H and O–H groups in total. The van der Waals surface area contributed by atoms with Crippen molar-refractivity contribution in [1.82, 2.24) is 0 Å². The number of halogens is 3. The number of aromatic hydroxyl groups is 1. The Morgan fingerprint density at radius 1 is 1.39 bits per heavy atom. The molecule has 0 saturated carbocycles. The van der Waals surface area contributed by atoms with Gasteiger partial charge in [0.1, 0.15) is 5.02 Å². The minimum absolute atomic E-state index is 0.00699. The third-order valence-electron chi connectivity index (χ3n) is 2.22. The summed E-state index contributed by atoms with van der Waals surface area (Å²) in [5.41, 5.74) is -1.91. The Labute approximate surface area is 118 Å². The Morgan fingerprint density at radius 3 is 2.56 bits per heavy atom. The number of aromatic carboxylic acids is 1. The van der Waals surface area contributed by atoms with Crippen LogP contribution >= 0.6 is 39.1 Å². The van der Waals surface area contributed by atoms with Crippen LogP contribution in [-0.4, -0.2) is 16.2 Å². The summed E-state index contributed by atoms with van der Waals surface area (Å²) in [5, 5.41) is 18.6. The highest BCUT2D eigenvalue weighted by Crippen LogP contribution is 2.40. The monoisotopic (exact) mass is 352 g/mol. The lowest BCUT2D eigenvalue weighted by Crippen LogP contribution is -2.14. The zero-order valence-corrected chi connectivity index (χ0v) is 11.4. The van der Waals surface area contributed by atoms with Gasteiger partial charge in [-0.1, -0.05) is 23.2 Å². The number of rotatable bonds is 1. The minimum Gasteiger partial charge on any atom is -0.503 e. The molecule has 0 unspecified atom stereocenters. The summed E-state index contributed by atoms with van der Waals surface area (Å²) in [7, 11) is 0. The van der Waals surface area contributed by atoms with Gasteiger partial charge in [-0.3, -0.25) is 0 Å². The van der Waals surface area contributed by atoms with Gasteiger partial charge in [-0.05, 0) is 22.0 Å². The summed E-state index contributed by atoms with van der Waals surface area (Å²) >= 11 is 14.4. The first kappa shape index (κ1) is 13.2. The van der Waals surface area contributed by atoms with Crippen LogP contribution in [0.25, 0.3) is 11.0 Å². The zero-order valence-electron chi connectivity index (χ0n) is 8.33. The first-order valence-corrected chi connectivity index (χ1v) is 5.96. The predicted molar refractivity (Wildman–Crippen MR) is 68.8 cm³/mol. The summed E-state index contributed by atoms with van der Waals surface area (Å²) in [4.78, 5) is 22.4. The van der Waals surface area contributed by atoms with E-state index in [2.05, 4.69) is 15.9 Å². The zero-order chi connectivity index (χ0) is 13.6. The lowest BCUT2D eigenvalue weighted by atomic mass is 10.1. The molecule has 0 aliphatic heterocycles. The number of phenols is 1. The Kier molecular flexibility index (Phi) is 3.27. The van der Waals surface area contributed by atoms with Gasteiger partial charge in [-0.2, -0.15) is 0 Å². The highest BCUT2D eigenvalue weighted by Gasteiger charge is 2.22. The molecule has 0 bridgehead atoms. The lowest BCUT2D eigenvalue weighted by molar-refractivity contribution is 0.0691. The molecule has 0 fully saturated rings. The molecular weight excluding hydrogens is 351 g/mol. The van der Waals surface area contributed by atoms with E-state index in [4.69, 9.17) is 32.7 Å². The standard InChI is InChI=1S/C10H3BrCl2O5/c11-5-2-1-3(12)6(13)7(14)8(2)18-10(17)4(5)9(15)16/h1,14H,(H,15,16). The van der Waals surface area contributed by atoms with Gasteiger partial charge in [0, 0.05) is 5.39 Å². The average Bonchev–Trinajstić information content (AvgIpc) is 2.28. The molecule has 2 rings (SSSR count). The van der Waals surface area contributed by atoms with Crippen molar-refractivity contribution in [3.8, 4) is 5.75 Å². The van der Waals surface area contributed by atoms with Gasteiger partial charge in [0.05, 0.1) is 9.50 Å². The maximum atomic E-state index is 11.5. The molecule has 8 heteroatoms. The second kappa shape index (κ2) is 4.46. The van der Waals surface area contributed by atoms with Gasteiger partial charge in [-0.25, -0.2) is 9.59 Å². The van der Waals surface area contributed by atoms with Crippen LogP contribution in [-0.2, 0) is 0 Å². The van der Waals surface area contributed by atoms with Gasteiger partial charge in [-0.15, -0.1) is 0 Å². The molecule has 1 aromatic heterocycles. The van der Waals surface area contributed by atoms with Crippen molar-refractivity contribution >= 4 is 56.1 Å². The molecule has 0 aliphatic rings. The average molecular weight is 354 g/mol. The van der Waals surface area contributed by atoms with Crippen molar-refractivity contribution in [2.75, 3.05) is 0 Å². The van der Waals surface area contributed by atoms with E-state index in [0.717, 1.165) is 0 Å². The van der Waals surface area contributed by atoms with Crippen LogP contribution < -0.4 is 5.63 Å². The molecule has 2 aromatic rings. The molecule has 18 heavy (non-hydrogen) atoms. The van der Waals surface area contributed by atoms with Gasteiger partial charge < -0.3 is 14.6 Å². The Hall–Kier alpha value is -1.24. The number of carbonyl (C=O) groups is 1. The van der Waals surface area contributed by atoms with Crippen LogP contribution in [0.15, 0.2) is 19.8 Å². The number of carboxylic acids is 1. The summed E-state index contributed by atoms with van der Waals surface area (Å²) in [6.07, 6.45) is 0. The summed E-state index contributed by atoms with van der Waals surface area (Å²) in [6.45, 7) is 0. The minimum atomic E-state index is -1.46. The molecule has 0 saturated heterocycles. The molecule has 0 spiro atoms. The largest absolute Gasteiger partial charge is 0.503 e. The second-order valence-electron chi connectivity index (χ2n) is 3.28. The third kappa shape index (κ3) is 1.86. The number of phenolic OH excluding ortho intramolecular Hbond substituents is 1. The lowest BCUT2D eigenvalue weighted by Gasteiger charge is -2.07. The molecule has 5 nitrogen and oxygen atoms in total. The SMILES string of the molecule is O=C(O)c1c(Br)c2cc(Cl)c(Cl)c(O)c2oc1=O. The molecule has 1 aromatic carbocycles. The van der Waals surface area contributed by atoms with E-state index in [9.17, 15) is 14.7 Å². The first-order valence-electron chi connectivity index (χ1n) is 4.41. The molecule has 0 atom stereocenters. The van der Waals surface area contributed by atoms with Crippen molar-refractivity contribution in [3.05, 3.63) is 36.6 Å². The molecule has 94 valence electrons. The van der Waals surface area contributed by atoms with Crippen LogP contribution in [0.5, 0.6) is 5.75 Å². The number of hydrogen-bond donors (Lipinski definition) is 2. The Balaban J connectivity index is 3.06. The van der Waals surface area contributed by atoms with Crippen molar-refractivity contribution in [1.29, 1.82) is 0 Å². The summed E-state index contributed by atoms with van der Waals surface area (Å²) < 4.78 is 4.71. The van der Waals surface area contributed by atoms with Crippen molar-refractivity contribution in [3.63, 3.8) is 0 Å². The Morgan fingerprint density at radius 2 is 2.00 bits per heavy atom. The molecule has 0 aliphatic carbocycles. The van der Waals surface area contributed by atoms with E-state index in [1.807, 2.05) is 0 Å². The predicted octanol–water partition coefficient (Wildman–Crippen LogP) is 3.27. The van der Waals surface area contributed by atoms with Crippen molar-refractivity contribution < 1.29 is 19.4 Å². The Bertz CT molecular complexity index is 737. The normalized spacial score (nSPS) is 10.8. The van der Waals surface area contributed by atoms with E-state index in [1.54, 1.807) is 0 Å². The van der Waals surface area contributed by atoms with Gasteiger partial charge in [0.2, 0.25) is 0 Å². The summed E-state index contributed by atoms with van der Waals surface area (Å²) in [5.74, 6) is -1.98. The highest BCUT2D eigenvalue weighted by molar-refractivity contribution is 9.10. The van der Waals surface area contributed by atoms with Crippen molar-refractivity contribution in [2.45, 2.75) is 0 Å². The number of fused-ring (bicyclic) bond motifs is 1. The molecule has 0 radical (unpaired) electrons. The van der Waals surface area contributed by atoms with Gasteiger partial charge >= 0.3 is 11.6 Å². The maximum Gasteiger partial charge on any atom is 0.352 e. The second-order valence-corrected chi connectivity index (χ2v) is 4.86. The van der Waals surface area contributed by atoms with E-state index < -0.39 is 22.9 Å². The van der Waals surface area contributed by atoms with Crippen molar-refractivity contribution in [2.24, 2.45) is 0 Å². The van der Waals surface area contributed by atoms with Crippen LogP contribution in [0.4, 0.5) is 0 Å².